The lowest BCUT2D eigenvalue weighted by molar-refractivity contribution is 0.199. The van der Waals surface area contributed by atoms with Crippen molar-refractivity contribution >= 4 is 15.9 Å². The van der Waals surface area contributed by atoms with Crippen LogP contribution in [-0.4, -0.2) is 11.7 Å². The van der Waals surface area contributed by atoms with Crippen molar-refractivity contribution in [2.75, 3.05) is 6.61 Å². The van der Waals surface area contributed by atoms with Gasteiger partial charge in [-0.3, -0.25) is 0 Å². The monoisotopic (exact) mass is 336 g/mol. The molecular formula is C16H17BrO3. The van der Waals surface area contributed by atoms with Gasteiger partial charge in [-0.2, -0.15) is 0 Å². The maximum atomic E-state index is 9.56. The van der Waals surface area contributed by atoms with Crippen molar-refractivity contribution in [1.29, 1.82) is 0 Å². The minimum absolute atomic E-state index is 0.504. The van der Waals surface area contributed by atoms with Crippen molar-refractivity contribution in [3.8, 4) is 17.2 Å². The van der Waals surface area contributed by atoms with Crippen LogP contribution in [-0.2, 0) is 0 Å². The number of benzene rings is 2. The van der Waals surface area contributed by atoms with E-state index in [2.05, 4.69) is 15.9 Å². The van der Waals surface area contributed by atoms with E-state index >= 15 is 0 Å². The molecule has 0 aliphatic carbocycles. The van der Waals surface area contributed by atoms with Crippen LogP contribution in [0.1, 0.15) is 25.5 Å². The summed E-state index contributed by atoms with van der Waals surface area (Å²) in [6.07, 6.45) is -0.504. The third kappa shape index (κ3) is 3.52. The van der Waals surface area contributed by atoms with Crippen molar-refractivity contribution in [3.63, 3.8) is 0 Å². The Labute approximate surface area is 127 Å². The van der Waals surface area contributed by atoms with Gasteiger partial charge < -0.3 is 14.6 Å². The quantitative estimate of drug-likeness (QED) is 0.860. The normalized spacial score (nSPS) is 12.0. The van der Waals surface area contributed by atoms with Gasteiger partial charge in [0.15, 0.2) is 11.5 Å². The number of rotatable bonds is 5. The highest BCUT2D eigenvalue weighted by molar-refractivity contribution is 9.10. The van der Waals surface area contributed by atoms with Crippen LogP contribution in [0, 0.1) is 0 Å². The molecule has 0 spiro atoms. The SMILES string of the molecule is CCOc1ccccc1Oc1ccc([C@@H](C)O)cc1Br. The van der Waals surface area contributed by atoms with Crippen LogP contribution in [0.5, 0.6) is 17.2 Å². The van der Waals surface area contributed by atoms with Gasteiger partial charge >= 0.3 is 0 Å². The van der Waals surface area contributed by atoms with Gasteiger partial charge in [0.2, 0.25) is 0 Å². The van der Waals surface area contributed by atoms with E-state index in [0.717, 1.165) is 10.0 Å². The second kappa shape index (κ2) is 6.77. The number of hydrogen-bond donors (Lipinski definition) is 1. The third-order valence-corrected chi connectivity index (χ3v) is 3.43. The van der Waals surface area contributed by atoms with E-state index < -0.39 is 6.10 Å². The van der Waals surface area contributed by atoms with Gasteiger partial charge in [-0.1, -0.05) is 18.2 Å². The molecule has 0 heterocycles. The smallest absolute Gasteiger partial charge is 0.169 e. The summed E-state index contributed by atoms with van der Waals surface area (Å²) in [6, 6.07) is 13.1. The number of halogens is 1. The lowest BCUT2D eigenvalue weighted by atomic mass is 10.1. The molecule has 0 saturated heterocycles. The van der Waals surface area contributed by atoms with Crippen molar-refractivity contribution in [1.82, 2.24) is 0 Å². The Kier molecular flexibility index (Phi) is 5.04. The average Bonchev–Trinajstić information content (AvgIpc) is 2.43. The maximum absolute atomic E-state index is 9.56. The van der Waals surface area contributed by atoms with Crippen LogP contribution >= 0.6 is 15.9 Å². The summed E-state index contributed by atoms with van der Waals surface area (Å²) in [5.41, 5.74) is 0.835. The molecule has 2 rings (SSSR count). The predicted molar refractivity (Wildman–Crippen MR) is 82.5 cm³/mol. The summed E-state index contributed by atoms with van der Waals surface area (Å²) in [5, 5.41) is 9.56. The second-order valence-corrected chi connectivity index (χ2v) is 5.20. The van der Waals surface area contributed by atoms with Crippen LogP contribution < -0.4 is 9.47 Å². The molecule has 0 radical (unpaired) electrons. The van der Waals surface area contributed by atoms with E-state index in [9.17, 15) is 5.11 Å². The average molecular weight is 337 g/mol. The van der Waals surface area contributed by atoms with Gasteiger partial charge in [0.25, 0.3) is 0 Å². The Hall–Kier alpha value is -1.52. The number of para-hydroxylation sites is 2. The van der Waals surface area contributed by atoms with Crippen LogP contribution in [0.2, 0.25) is 0 Å². The molecule has 0 saturated carbocycles. The van der Waals surface area contributed by atoms with Crippen molar-refractivity contribution < 1.29 is 14.6 Å². The first-order valence-corrected chi connectivity index (χ1v) is 7.28. The molecule has 0 bridgehead atoms. The topological polar surface area (TPSA) is 38.7 Å². The van der Waals surface area contributed by atoms with E-state index in [4.69, 9.17) is 9.47 Å². The fraction of sp³-hybridized carbons (Fsp3) is 0.250. The summed E-state index contributed by atoms with van der Waals surface area (Å²) in [4.78, 5) is 0. The molecule has 3 nitrogen and oxygen atoms in total. The van der Waals surface area contributed by atoms with Crippen molar-refractivity contribution in [2.45, 2.75) is 20.0 Å². The molecule has 0 unspecified atom stereocenters. The molecule has 1 N–H and O–H groups in total. The number of aliphatic hydroxyl groups is 1. The van der Waals surface area contributed by atoms with Crippen molar-refractivity contribution in [2.24, 2.45) is 0 Å². The highest BCUT2D eigenvalue weighted by Crippen LogP contribution is 2.36. The molecule has 20 heavy (non-hydrogen) atoms. The zero-order valence-electron chi connectivity index (χ0n) is 11.5. The highest BCUT2D eigenvalue weighted by atomic mass is 79.9. The Balaban J connectivity index is 2.26. The largest absolute Gasteiger partial charge is 0.490 e. The first-order chi connectivity index (χ1) is 9.61. The molecule has 2 aromatic carbocycles. The number of aliphatic hydroxyl groups excluding tert-OH is 1. The summed E-state index contributed by atoms with van der Waals surface area (Å²) in [7, 11) is 0. The summed E-state index contributed by atoms with van der Waals surface area (Å²) >= 11 is 3.46. The Bertz CT molecular complexity index is 582. The molecule has 0 amide bonds. The second-order valence-electron chi connectivity index (χ2n) is 4.35. The van der Waals surface area contributed by atoms with Crippen LogP contribution in [0.3, 0.4) is 0 Å². The molecule has 0 aromatic heterocycles. The molecule has 1 atom stereocenters. The molecule has 106 valence electrons. The number of ether oxygens (including phenoxy) is 2. The standard InChI is InChI=1S/C16H17BrO3/c1-3-19-15-6-4-5-7-16(15)20-14-9-8-12(11(2)18)10-13(14)17/h4-11,18H,3H2,1-2H3/t11-/m1/s1. The molecule has 2 aromatic rings. The lowest BCUT2D eigenvalue weighted by Gasteiger charge is -2.13. The Morgan fingerprint density at radius 3 is 2.40 bits per heavy atom. The zero-order valence-corrected chi connectivity index (χ0v) is 13.1. The van der Waals surface area contributed by atoms with Gasteiger partial charge in [-0.25, -0.2) is 0 Å². The Morgan fingerprint density at radius 2 is 1.80 bits per heavy atom. The van der Waals surface area contributed by atoms with E-state index in [1.54, 1.807) is 6.92 Å². The first-order valence-electron chi connectivity index (χ1n) is 6.49. The van der Waals surface area contributed by atoms with Gasteiger partial charge in [0, 0.05) is 0 Å². The predicted octanol–water partition coefficient (Wildman–Crippen LogP) is 4.69. The van der Waals surface area contributed by atoms with Crippen LogP contribution in [0.25, 0.3) is 0 Å². The molecule has 4 heteroatoms. The first kappa shape index (κ1) is 14.9. The van der Waals surface area contributed by atoms with E-state index in [0.29, 0.717) is 23.9 Å². The van der Waals surface area contributed by atoms with Gasteiger partial charge in [0.05, 0.1) is 17.2 Å². The molecule has 0 aliphatic heterocycles. The van der Waals surface area contributed by atoms with Crippen molar-refractivity contribution in [3.05, 3.63) is 52.5 Å². The van der Waals surface area contributed by atoms with Gasteiger partial charge in [-0.15, -0.1) is 0 Å². The fourth-order valence-electron chi connectivity index (χ4n) is 1.79. The van der Waals surface area contributed by atoms with E-state index in [1.165, 1.54) is 0 Å². The Morgan fingerprint density at radius 1 is 1.10 bits per heavy atom. The van der Waals surface area contributed by atoms with Crippen LogP contribution in [0.15, 0.2) is 46.9 Å². The summed E-state index contributed by atoms with van der Waals surface area (Å²) in [6.45, 7) is 4.25. The summed E-state index contributed by atoms with van der Waals surface area (Å²) < 4.78 is 12.2. The zero-order chi connectivity index (χ0) is 14.5. The third-order valence-electron chi connectivity index (χ3n) is 2.81. The van der Waals surface area contributed by atoms with E-state index in [-0.39, 0.29) is 0 Å². The highest BCUT2D eigenvalue weighted by Gasteiger charge is 2.10. The summed E-state index contributed by atoms with van der Waals surface area (Å²) in [5.74, 6) is 2.06. The maximum Gasteiger partial charge on any atom is 0.169 e. The van der Waals surface area contributed by atoms with Crippen LogP contribution in [0.4, 0.5) is 0 Å². The minimum Gasteiger partial charge on any atom is -0.490 e. The molecule has 0 aliphatic rings. The van der Waals surface area contributed by atoms with Gasteiger partial charge in [-0.05, 0) is 59.6 Å². The lowest BCUT2D eigenvalue weighted by Crippen LogP contribution is -1.96. The molecule has 0 fully saturated rings. The molecular weight excluding hydrogens is 320 g/mol. The number of hydrogen-bond acceptors (Lipinski definition) is 3. The fourth-order valence-corrected chi connectivity index (χ4v) is 2.26. The minimum atomic E-state index is -0.504. The van der Waals surface area contributed by atoms with Gasteiger partial charge in [0.1, 0.15) is 5.75 Å². The van der Waals surface area contributed by atoms with E-state index in [1.807, 2.05) is 49.4 Å².